The van der Waals surface area contributed by atoms with Crippen LogP contribution in [-0.4, -0.2) is 42.6 Å². The van der Waals surface area contributed by atoms with Crippen molar-refractivity contribution in [3.8, 4) is 0 Å². The van der Waals surface area contributed by atoms with Crippen molar-refractivity contribution in [1.29, 1.82) is 0 Å². The molecule has 2 heterocycles. The molecular formula is C18H21F2NO3. The maximum Gasteiger partial charge on any atom is 0.240 e. The van der Waals surface area contributed by atoms with Crippen LogP contribution < -0.4 is 0 Å². The van der Waals surface area contributed by atoms with Gasteiger partial charge in [-0.1, -0.05) is 12.1 Å². The zero-order valence-electron chi connectivity index (χ0n) is 13.6. The van der Waals surface area contributed by atoms with E-state index in [1.165, 1.54) is 24.3 Å². The maximum atomic E-state index is 14.5. The molecule has 2 amide bonds. The van der Waals surface area contributed by atoms with Gasteiger partial charge in [0.1, 0.15) is 12.0 Å². The van der Waals surface area contributed by atoms with Gasteiger partial charge in [-0.15, -0.1) is 0 Å². The number of benzene rings is 1. The predicted molar refractivity (Wildman–Crippen MR) is 83.5 cm³/mol. The normalized spacial score (nSPS) is 26.9. The minimum atomic E-state index is -1.24. The number of amides is 2. The topological polar surface area (TPSA) is 46.6 Å². The molecule has 2 atom stereocenters. The van der Waals surface area contributed by atoms with Gasteiger partial charge in [0.05, 0.1) is 12.0 Å². The van der Waals surface area contributed by atoms with Crippen molar-refractivity contribution in [1.82, 2.24) is 4.90 Å². The summed E-state index contributed by atoms with van der Waals surface area (Å²) in [4.78, 5) is 26.1. The first-order chi connectivity index (χ1) is 11.4. The Kier molecular flexibility index (Phi) is 4.67. The minimum absolute atomic E-state index is 0.0159. The summed E-state index contributed by atoms with van der Waals surface area (Å²) in [5.74, 6) is -1.37. The number of rotatable bonds is 4. The van der Waals surface area contributed by atoms with Crippen LogP contribution in [-0.2, 0) is 19.7 Å². The lowest BCUT2D eigenvalue weighted by Crippen LogP contribution is -2.42. The molecule has 0 radical (unpaired) electrons. The van der Waals surface area contributed by atoms with Crippen LogP contribution in [0.4, 0.5) is 8.78 Å². The van der Waals surface area contributed by atoms with Gasteiger partial charge in [-0.25, -0.2) is 8.78 Å². The van der Waals surface area contributed by atoms with E-state index in [1.807, 2.05) is 0 Å². The zero-order chi connectivity index (χ0) is 17.3. The molecule has 2 fully saturated rings. The van der Waals surface area contributed by atoms with Gasteiger partial charge in [0, 0.05) is 19.6 Å². The molecule has 0 saturated carbocycles. The average Bonchev–Trinajstić information content (AvgIpc) is 2.80. The smallest absolute Gasteiger partial charge is 0.240 e. The molecule has 130 valence electrons. The Morgan fingerprint density at radius 1 is 1.25 bits per heavy atom. The molecule has 24 heavy (non-hydrogen) atoms. The fourth-order valence-corrected chi connectivity index (χ4v) is 3.51. The van der Waals surface area contributed by atoms with E-state index in [1.54, 1.807) is 6.92 Å². The van der Waals surface area contributed by atoms with Crippen LogP contribution in [0.3, 0.4) is 0 Å². The van der Waals surface area contributed by atoms with E-state index in [2.05, 4.69) is 0 Å². The van der Waals surface area contributed by atoms with Gasteiger partial charge in [-0.2, -0.15) is 0 Å². The van der Waals surface area contributed by atoms with Crippen molar-refractivity contribution in [2.45, 2.75) is 37.8 Å². The molecule has 2 unspecified atom stereocenters. The second-order valence-corrected chi connectivity index (χ2v) is 6.79. The van der Waals surface area contributed by atoms with Crippen molar-refractivity contribution in [2.75, 3.05) is 19.8 Å². The zero-order valence-corrected chi connectivity index (χ0v) is 13.6. The summed E-state index contributed by atoms with van der Waals surface area (Å²) >= 11 is 0. The molecule has 0 aliphatic carbocycles. The van der Waals surface area contributed by atoms with Crippen LogP contribution in [0, 0.1) is 11.7 Å². The molecule has 2 saturated heterocycles. The molecule has 0 aromatic heterocycles. The molecule has 2 aliphatic rings. The summed E-state index contributed by atoms with van der Waals surface area (Å²) in [6.07, 6.45) is -0.0469. The van der Waals surface area contributed by atoms with E-state index in [0.717, 1.165) is 4.90 Å². The lowest BCUT2D eigenvalue weighted by molar-refractivity contribution is -0.141. The first-order valence-electron chi connectivity index (χ1n) is 8.24. The van der Waals surface area contributed by atoms with Crippen molar-refractivity contribution in [3.05, 3.63) is 35.6 Å². The molecule has 0 spiro atoms. The van der Waals surface area contributed by atoms with E-state index >= 15 is 0 Å². The van der Waals surface area contributed by atoms with Gasteiger partial charge in [0.15, 0.2) is 0 Å². The van der Waals surface area contributed by atoms with Gasteiger partial charge in [-0.3, -0.25) is 14.5 Å². The summed E-state index contributed by atoms with van der Waals surface area (Å²) in [6.45, 7) is 2.47. The van der Waals surface area contributed by atoms with Crippen LogP contribution in [0.5, 0.6) is 0 Å². The highest BCUT2D eigenvalue weighted by molar-refractivity contribution is 6.08. The monoisotopic (exact) mass is 337 g/mol. The number of hydrogen-bond acceptors (Lipinski definition) is 3. The Balaban J connectivity index is 1.74. The highest BCUT2D eigenvalue weighted by Crippen LogP contribution is 2.37. The lowest BCUT2D eigenvalue weighted by Gasteiger charge is -2.28. The number of alkyl halides is 1. The van der Waals surface area contributed by atoms with E-state index < -0.39 is 23.3 Å². The molecule has 3 rings (SSSR count). The van der Waals surface area contributed by atoms with Crippen molar-refractivity contribution in [3.63, 3.8) is 0 Å². The lowest BCUT2D eigenvalue weighted by atomic mass is 9.81. The second-order valence-electron chi connectivity index (χ2n) is 6.79. The number of likely N-dealkylation sites (tertiary alicyclic amines) is 1. The summed E-state index contributed by atoms with van der Waals surface area (Å²) in [7, 11) is 0. The Bertz CT molecular complexity index is 628. The van der Waals surface area contributed by atoms with Crippen LogP contribution in [0.25, 0.3) is 0 Å². The first-order valence-corrected chi connectivity index (χ1v) is 8.24. The third-order valence-electron chi connectivity index (χ3n) is 5.14. The number of imide groups is 1. The predicted octanol–water partition coefficient (Wildman–Crippen LogP) is 2.61. The van der Waals surface area contributed by atoms with Gasteiger partial charge < -0.3 is 4.74 Å². The van der Waals surface area contributed by atoms with E-state index in [9.17, 15) is 18.4 Å². The van der Waals surface area contributed by atoms with Crippen molar-refractivity contribution >= 4 is 11.8 Å². The number of carbonyl (C=O) groups is 2. The third-order valence-corrected chi connectivity index (χ3v) is 5.14. The number of nitrogens with zero attached hydrogens (tertiary/aromatic N) is 1. The highest BCUT2D eigenvalue weighted by Gasteiger charge is 2.50. The second kappa shape index (κ2) is 6.59. The Morgan fingerprint density at radius 2 is 1.88 bits per heavy atom. The molecule has 1 aromatic rings. The van der Waals surface area contributed by atoms with Crippen LogP contribution in [0.1, 0.15) is 31.7 Å². The van der Waals surface area contributed by atoms with Crippen molar-refractivity contribution < 1.29 is 23.1 Å². The highest BCUT2D eigenvalue weighted by atomic mass is 19.1. The fourth-order valence-electron chi connectivity index (χ4n) is 3.51. The molecule has 0 N–H and O–H groups in total. The van der Waals surface area contributed by atoms with Crippen LogP contribution >= 0.6 is 0 Å². The van der Waals surface area contributed by atoms with Gasteiger partial charge in [0.25, 0.3) is 0 Å². The molecule has 0 bridgehead atoms. The molecule has 6 heteroatoms. The molecule has 2 aliphatic heterocycles. The SMILES string of the molecule is CC1(c2ccc(F)cc2)CC(=O)N(CC(F)C2CCOCC2)C1=O. The Morgan fingerprint density at radius 3 is 2.50 bits per heavy atom. The maximum absolute atomic E-state index is 14.5. The van der Waals surface area contributed by atoms with Gasteiger partial charge in [0.2, 0.25) is 11.8 Å². The summed E-state index contributed by atoms with van der Waals surface area (Å²) in [5, 5.41) is 0. The van der Waals surface area contributed by atoms with Gasteiger partial charge >= 0.3 is 0 Å². The Labute approximate surface area is 139 Å². The van der Waals surface area contributed by atoms with E-state index in [-0.39, 0.29) is 24.8 Å². The summed E-state index contributed by atoms with van der Waals surface area (Å²) in [6, 6.07) is 5.55. The Hall–Kier alpha value is -1.82. The quantitative estimate of drug-likeness (QED) is 0.794. The number of carbonyl (C=O) groups excluding carboxylic acids is 2. The molecular weight excluding hydrogens is 316 g/mol. The van der Waals surface area contributed by atoms with Gasteiger partial charge in [-0.05, 0) is 43.4 Å². The molecule has 1 aromatic carbocycles. The van der Waals surface area contributed by atoms with E-state index in [0.29, 0.717) is 31.6 Å². The number of hydrogen-bond donors (Lipinski definition) is 0. The van der Waals surface area contributed by atoms with Crippen LogP contribution in [0.15, 0.2) is 24.3 Å². The molecule has 4 nitrogen and oxygen atoms in total. The fraction of sp³-hybridized carbons (Fsp3) is 0.556. The largest absolute Gasteiger partial charge is 0.381 e. The minimum Gasteiger partial charge on any atom is -0.381 e. The standard InChI is InChI=1S/C18H21F2NO3/c1-18(13-2-4-14(19)5-3-13)10-16(22)21(17(18)23)11-15(20)12-6-8-24-9-7-12/h2-5,12,15H,6-11H2,1H3. The number of halogens is 2. The number of ether oxygens (including phenoxy) is 1. The third kappa shape index (κ3) is 3.07. The summed E-state index contributed by atoms with van der Waals surface area (Å²) in [5.41, 5.74) is -0.480. The van der Waals surface area contributed by atoms with Crippen LogP contribution in [0.2, 0.25) is 0 Å². The summed E-state index contributed by atoms with van der Waals surface area (Å²) < 4.78 is 32.9. The van der Waals surface area contributed by atoms with E-state index in [4.69, 9.17) is 4.74 Å². The first kappa shape index (κ1) is 17.0. The van der Waals surface area contributed by atoms with Crippen molar-refractivity contribution in [2.24, 2.45) is 5.92 Å². The average molecular weight is 337 g/mol.